The minimum Gasteiger partial charge on any atom is -0.396 e. The highest BCUT2D eigenvalue weighted by Gasteiger charge is 2.23. The molecule has 0 bridgehead atoms. The van der Waals surface area contributed by atoms with Crippen molar-refractivity contribution in [2.45, 2.75) is 25.0 Å². The summed E-state index contributed by atoms with van der Waals surface area (Å²) in [6.07, 6.45) is 1.49. The molecule has 0 aliphatic carbocycles. The Kier molecular flexibility index (Phi) is 3.26. The third kappa shape index (κ3) is 2.25. The van der Waals surface area contributed by atoms with Crippen molar-refractivity contribution in [1.82, 2.24) is 4.98 Å². The van der Waals surface area contributed by atoms with Gasteiger partial charge in [0.1, 0.15) is 0 Å². The van der Waals surface area contributed by atoms with Gasteiger partial charge in [0.15, 0.2) is 5.82 Å². The van der Waals surface area contributed by atoms with Gasteiger partial charge in [-0.3, -0.25) is 0 Å². The Morgan fingerprint density at radius 2 is 1.88 bits per heavy atom. The molecule has 0 saturated carbocycles. The summed E-state index contributed by atoms with van der Waals surface area (Å²) in [5, 5.41) is 19.1. The van der Waals surface area contributed by atoms with Gasteiger partial charge in [0.2, 0.25) is 0 Å². The molecule has 1 aliphatic heterocycles. The quantitative estimate of drug-likeness (QED) is 0.623. The predicted molar refractivity (Wildman–Crippen MR) is 62.1 cm³/mol. The van der Waals surface area contributed by atoms with Crippen LogP contribution in [-0.4, -0.2) is 40.5 Å². The van der Waals surface area contributed by atoms with E-state index < -0.39 is 12.2 Å². The number of nitrogens with zero attached hydrogens (tertiary/aromatic N) is 2. The Morgan fingerprint density at radius 1 is 1.25 bits per heavy atom. The van der Waals surface area contributed by atoms with E-state index in [4.69, 9.17) is 5.73 Å². The molecule has 2 atom stereocenters. The second-order valence-electron chi connectivity index (χ2n) is 4.12. The van der Waals surface area contributed by atoms with Gasteiger partial charge in [0.25, 0.3) is 0 Å². The van der Waals surface area contributed by atoms with Gasteiger partial charge in [-0.2, -0.15) is 0 Å². The lowest BCUT2D eigenvalue weighted by atomic mass is 10.1. The van der Waals surface area contributed by atoms with Crippen molar-refractivity contribution in [2.75, 3.05) is 23.7 Å². The summed E-state index contributed by atoms with van der Waals surface area (Å²) < 4.78 is 0. The molecule has 5 heteroatoms. The molecule has 1 aromatic heterocycles. The number of nitrogen functional groups attached to an aromatic ring is 1. The highest BCUT2D eigenvalue weighted by molar-refractivity contribution is 5.62. The van der Waals surface area contributed by atoms with E-state index in [1.54, 1.807) is 18.3 Å². The standard InChI is InChI=1S/C11H17N3O2/c12-8-2-1-5-13-11(8)14-6-3-9(15)10(16)4-7-14/h1-2,5,9-10,15-16H,3-4,6-7,12H2/t9-,10+. The van der Waals surface area contributed by atoms with Crippen LogP contribution >= 0.6 is 0 Å². The Hall–Kier alpha value is -1.33. The third-order valence-electron chi connectivity index (χ3n) is 2.95. The van der Waals surface area contributed by atoms with Gasteiger partial charge in [-0.1, -0.05) is 0 Å². The van der Waals surface area contributed by atoms with E-state index in [0.29, 0.717) is 31.6 Å². The molecule has 2 rings (SSSR count). The van der Waals surface area contributed by atoms with Gasteiger partial charge in [0.05, 0.1) is 17.9 Å². The molecule has 5 nitrogen and oxygen atoms in total. The van der Waals surface area contributed by atoms with Crippen LogP contribution in [0.5, 0.6) is 0 Å². The number of hydrogen-bond donors (Lipinski definition) is 3. The van der Waals surface area contributed by atoms with Gasteiger partial charge < -0.3 is 20.8 Å². The number of aromatic nitrogens is 1. The summed E-state index contributed by atoms with van der Waals surface area (Å²) in [6.45, 7) is 1.33. The van der Waals surface area contributed by atoms with E-state index in [2.05, 4.69) is 4.98 Å². The van der Waals surface area contributed by atoms with Crippen molar-refractivity contribution in [1.29, 1.82) is 0 Å². The average Bonchev–Trinajstić information content (AvgIpc) is 2.44. The van der Waals surface area contributed by atoms with Crippen LogP contribution in [-0.2, 0) is 0 Å². The molecule has 1 aromatic rings. The Labute approximate surface area is 94.5 Å². The van der Waals surface area contributed by atoms with Gasteiger partial charge in [-0.25, -0.2) is 4.98 Å². The minimum atomic E-state index is -0.644. The Morgan fingerprint density at radius 3 is 2.44 bits per heavy atom. The number of aliphatic hydroxyl groups excluding tert-OH is 2. The van der Waals surface area contributed by atoms with Gasteiger partial charge >= 0.3 is 0 Å². The molecule has 0 amide bonds. The lowest BCUT2D eigenvalue weighted by Gasteiger charge is -2.22. The molecule has 88 valence electrons. The van der Waals surface area contributed by atoms with Crippen LogP contribution in [0.25, 0.3) is 0 Å². The molecule has 4 N–H and O–H groups in total. The molecule has 0 unspecified atom stereocenters. The van der Waals surface area contributed by atoms with Crippen LogP contribution in [0.4, 0.5) is 11.5 Å². The minimum absolute atomic E-state index is 0.539. The monoisotopic (exact) mass is 223 g/mol. The van der Waals surface area contributed by atoms with Crippen LogP contribution in [0.1, 0.15) is 12.8 Å². The fraction of sp³-hybridized carbons (Fsp3) is 0.545. The summed E-state index contributed by atoms with van der Waals surface area (Å²) in [6, 6.07) is 3.60. The van der Waals surface area contributed by atoms with Crippen molar-refractivity contribution < 1.29 is 10.2 Å². The first-order valence-electron chi connectivity index (χ1n) is 5.50. The average molecular weight is 223 g/mol. The zero-order valence-electron chi connectivity index (χ0n) is 9.08. The van der Waals surface area contributed by atoms with E-state index in [1.165, 1.54) is 0 Å². The van der Waals surface area contributed by atoms with Crippen molar-refractivity contribution in [3.8, 4) is 0 Å². The maximum Gasteiger partial charge on any atom is 0.151 e. The summed E-state index contributed by atoms with van der Waals surface area (Å²) in [5.41, 5.74) is 6.48. The lowest BCUT2D eigenvalue weighted by molar-refractivity contribution is 0.0187. The molecule has 1 aliphatic rings. The zero-order chi connectivity index (χ0) is 11.5. The van der Waals surface area contributed by atoms with Crippen LogP contribution in [0.2, 0.25) is 0 Å². The second kappa shape index (κ2) is 4.67. The summed E-state index contributed by atoms with van der Waals surface area (Å²) >= 11 is 0. The SMILES string of the molecule is Nc1cccnc1N1CC[C@@H](O)[C@@H](O)CC1. The first-order valence-corrected chi connectivity index (χ1v) is 5.50. The molecule has 0 radical (unpaired) electrons. The highest BCUT2D eigenvalue weighted by atomic mass is 16.3. The largest absolute Gasteiger partial charge is 0.396 e. The number of nitrogens with two attached hydrogens (primary N) is 1. The van der Waals surface area contributed by atoms with Crippen molar-refractivity contribution in [3.63, 3.8) is 0 Å². The van der Waals surface area contributed by atoms with Crippen molar-refractivity contribution in [3.05, 3.63) is 18.3 Å². The van der Waals surface area contributed by atoms with Crippen molar-refractivity contribution >= 4 is 11.5 Å². The van der Waals surface area contributed by atoms with Gasteiger partial charge in [0, 0.05) is 19.3 Å². The van der Waals surface area contributed by atoms with E-state index in [-0.39, 0.29) is 0 Å². The molecule has 1 fully saturated rings. The molecule has 2 heterocycles. The fourth-order valence-electron chi connectivity index (χ4n) is 1.96. The third-order valence-corrected chi connectivity index (χ3v) is 2.95. The highest BCUT2D eigenvalue weighted by Crippen LogP contribution is 2.22. The number of aliphatic hydroxyl groups is 2. The Bertz CT molecular complexity index is 347. The summed E-state index contributed by atoms with van der Waals surface area (Å²) in [7, 11) is 0. The predicted octanol–water partition coefficient (Wildman–Crippen LogP) is -0.0142. The van der Waals surface area contributed by atoms with E-state index >= 15 is 0 Å². The fourth-order valence-corrected chi connectivity index (χ4v) is 1.96. The second-order valence-corrected chi connectivity index (χ2v) is 4.12. The normalized spacial score (nSPS) is 26.5. The molecule has 1 saturated heterocycles. The molecule has 16 heavy (non-hydrogen) atoms. The maximum absolute atomic E-state index is 9.56. The van der Waals surface area contributed by atoms with E-state index in [9.17, 15) is 10.2 Å². The number of rotatable bonds is 1. The zero-order valence-corrected chi connectivity index (χ0v) is 9.08. The molecular formula is C11H17N3O2. The van der Waals surface area contributed by atoms with Gasteiger partial charge in [-0.15, -0.1) is 0 Å². The van der Waals surface area contributed by atoms with Crippen LogP contribution in [0.15, 0.2) is 18.3 Å². The molecule has 0 spiro atoms. The van der Waals surface area contributed by atoms with E-state index in [0.717, 1.165) is 5.82 Å². The maximum atomic E-state index is 9.56. The van der Waals surface area contributed by atoms with Crippen LogP contribution in [0.3, 0.4) is 0 Å². The van der Waals surface area contributed by atoms with Gasteiger partial charge in [-0.05, 0) is 25.0 Å². The van der Waals surface area contributed by atoms with Crippen LogP contribution in [0, 0.1) is 0 Å². The number of anilines is 2. The van der Waals surface area contributed by atoms with Crippen molar-refractivity contribution in [2.24, 2.45) is 0 Å². The summed E-state index contributed by atoms with van der Waals surface area (Å²) in [5.74, 6) is 0.740. The Balaban J connectivity index is 2.14. The topological polar surface area (TPSA) is 82.6 Å². The number of pyridine rings is 1. The smallest absolute Gasteiger partial charge is 0.151 e. The van der Waals surface area contributed by atoms with E-state index in [1.807, 2.05) is 4.90 Å². The first-order chi connectivity index (χ1) is 7.68. The lowest BCUT2D eigenvalue weighted by Crippen LogP contribution is -2.26. The number of hydrogen-bond acceptors (Lipinski definition) is 5. The molecular weight excluding hydrogens is 206 g/mol. The summed E-state index contributed by atoms with van der Waals surface area (Å²) in [4.78, 5) is 6.24. The van der Waals surface area contributed by atoms with Crippen LogP contribution < -0.4 is 10.6 Å². The first kappa shape index (κ1) is 11.2. The molecule has 0 aromatic carbocycles.